The van der Waals surface area contributed by atoms with Crippen LogP contribution in [0.2, 0.25) is 0 Å². The summed E-state index contributed by atoms with van der Waals surface area (Å²) in [6, 6.07) is 4.71. The number of benzene rings is 1. The highest BCUT2D eigenvalue weighted by Crippen LogP contribution is 2.31. The van der Waals surface area contributed by atoms with Crippen LogP contribution in [0.1, 0.15) is 10.4 Å². The van der Waals surface area contributed by atoms with E-state index in [2.05, 4.69) is 10.3 Å². The standard InChI is InChI=1S/C12H11FN4O2/c13-8-3-1-2-6(10(8)17-12(15)19)9-7(11(14)18)4-5-16-9/h1-5,16H,(H2,14,18)(H3,15,17,19). The number of rotatable bonds is 3. The van der Waals surface area contributed by atoms with Gasteiger partial charge in [-0.3, -0.25) is 4.79 Å². The molecule has 6 nitrogen and oxygen atoms in total. The molecule has 0 fully saturated rings. The summed E-state index contributed by atoms with van der Waals surface area (Å²) in [6.45, 7) is 0. The van der Waals surface area contributed by atoms with Crippen molar-refractivity contribution < 1.29 is 14.0 Å². The molecule has 0 saturated carbocycles. The average Bonchev–Trinajstić information content (AvgIpc) is 2.80. The van der Waals surface area contributed by atoms with Crippen LogP contribution in [0.25, 0.3) is 11.3 Å². The van der Waals surface area contributed by atoms with Crippen molar-refractivity contribution in [1.82, 2.24) is 4.98 Å². The predicted octanol–water partition coefficient (Wildman–Crippen LogP) is 1.41. The first-order valence-corrected chi connectivity index (χ1v) is 5.33. The summed E-state index contributed by atoms with van der Waals surface area (Å²) in [4.78, 5) is 25.0. The maximum atomic E-state index is 13.7. The fourth-order valence-corrected chi connectivity index (χ4v) is 1.78. The molecule has 0 atom stereocenters. The number of hydrogen-bond donors (Lipinski definition) is 4. The third-order valence-electron chi connectivity index (χ3n) is 2.54. The van der Waals surface area contributed by atoms with Crippen molar-refractivity contribution in [1.29, 1.82) is 0 Å². The van der Waals surface area contributed by atoms with Gasteiger partial charge in [-0.1, -0.05) is 12.1 Å². The summed E-state index contributed by atoms with van der Waals surface area (Å²) in [7, 11) is 0. The minimum Gasteiger partial charge on any atom is -0.366 e. The Morgan fingerprint density at radius 2 is 1.95 bits per heavy atom. The Labute approximate surface area is 107 Å². The Hall–Kier alpha value is -2.83. The Bertz CT molecular complexity index is 651. The number of primary amides is 2. The fourth-order valence-electron chi connectivity index (χ4n) is 1.78. The van der Waals surface area contributed by atoms with Crippen LogP contribution in [0.15, 0.2) is 30.5 Å². The van der Waals surface area contributed by atoms with Crippen molar-refractivity contribution in [2.24, 2.45) is 11.5 Å². The summed E-state index contributed by atoms with van der Waals surface area (Å²) in [5.74, 6) is -1.33. The van der Waals surface area contributed by atoms with E-state index in [0.717, 1.165) is 0 Å². The van der Waals surface area contributed by atoms with Crippen molar-refractivity contribution in [3.63, 3.8) is 0 Å². The molecule has 2 rings (SSSR count). The molecule has 0 saturated heterocycles. The van der Waals surface area contributed by atoms with Crippen molar-refractivity contribution >= 4 is 17.6 Å². The number of aromatic nitrogens is 1. The van der Waals surface area contributed by atoms with Crippen LogP contribution in [-0.4, -0.2) is 16.9 Å². The monoisotopic (exact) mass is 262 g/mol. The van der Waals surface area contributed by atoms with E-state index in [1.807, 2.05) is 0 Å². The molecule has 1 heterocycles. The van der Waals surface area contributed by atoms with Gasteiger partial charge in [0.15, 0.2) is 0 Å². The summed E-state index contributed by atoms with van der Waals surface area (Å²) in [5.41, 5.74) is 10.9. The molecule has 98 valence electrons. The van der Waals surface area contributed by atoms with Crippen molar-refractivity contribution in [2.75, 3.05) is 5.32 Å². The van der Waals surface area contributed by atoms with E-state index < -0.39 is 17.8 Å². The maximum Gasteiger partial charge on any atom is 0.316 e. The fraction of sp³-hybridized carbons (Fsp3) is 0. The highest BCUT2D eigenvalue weighted by Gasteiger charge is 2.17. The zero-order valence-electron chi connectivity index (χ0n) is 9.74. The number of carbonyl (C=O) groups excluding carboxylic acids is 2. The molecule has 7 heteroatoms. The molecule has 0 unspecified atom stereocenters. The molecular formula is C12H11FN4O2. The van der Waals surface area contributed by atoms with E-state index in [0.29, 0.717) is 5.69 Å². The smallest absolute Gasteiger partial charge is 0.316 e. The van der Waals surface area contributed by atoms with Gasteiger partial charge in [-0.15, -0.1) is 0 Å². The lowest BCUT2D eigenvalue weighted by atomic mass is 10.1. The number of H-pyrrole nitrogens is 1. The van der Waals surface area contributed by atoms with Crippen LogP contribution in [0.5, 0.6) is 0 Å². The highest BCUT2D eigenvalue weighted by atomic mass is 19.1. The molecule has 3 amide bonds. The molecule has 1 aromatic carbocycles. The number of urea groups is 1. The van der Waals surface area contributed by atoms with Gasteiger partial charge in [0.2, 0.25) is 0 Å². The van der Waals surface area contributed by atoms with E-state index >= 15 is 0 Å². The highest BCUT2D eigenvalue weighted by molar-refractivity contribution is 6.02. The number of hydrogen-bond acceptors (Lipinski definition) is 2. The molecule has 0 aliphatic heterocycles. The number of halogens is 1. The van der Waals surface area contributed by atoms with E-state index in [9.17, 15) is 14.0 Å². The summed E-state index contributed by atoms with van der Waals surface area (Å²) >= 11 is 0. The summed E-state index contributed by atoms with van der Waals surface area (Å²) < 4.78 is 13.7. The Kier molecular flexibility index (Phi) is 3.19. The summed E-state index contributed by atoms with van der Waals surface area (Å²) in [5, 5.41) is 2.19. The first-order chi connectivity index (χ1) is 9.00. The van der Waals surface area contributed by atoms with Gasteiger partial charge in [0.1, 0.15) is 5.82 Å². The van der Waals surface area contributed by atoms with Gasteiger partial charge >= 0.3 is 6.03 Å². The van der Waals surface area contributed by atoms with Crippen molar-refractivity contribution in [3.8, 4) is 11.3 Å². The number of aromatic amines is 1. The second-order valence-corrected chi connectivity index (χ2v) is 3.78. The molecule has 19 heavy (non-hydrogen) atoms. The van der Waals surface area contributed by atoms with Crippen LogP contribution in [0.3, 0.4) is 0 Å². The lowest BCUT2D eigenvalue weighted by Gasteiger charge is -2.10. The van der Waals surface area contributed by atoms with Gasteiger partial charge < -0.3 is 21.8 Å². The lowest BCUT2D eigenvalue weighted by Crippen LogP contribution is -2.21. The van der Waals surface area contributed by atoms with Crippen LogP contribution in [-0.2, 0) is 0 Å². The van der Waals surface area contributed by atoms with Crippen molar-refractivity contribution in [3.05, 3.63) is 41.8 Å². The number of anilines is 1. The molecule has 0 spiro atoms. The minimum atomic E-state index is -0.904. The Morgan fingerprint density at radius 1 is 1.21 bits per heavy atom. The zero-order valence-corrected chi connectivity index (χ0v) is 9.74. The predicted molar refractivity (Wildman–Crippen MR) is 67.9 cm³/mol. The van der Waals surface area contributed by atoms with Crippen LogP contribution in [0.4, 0.5) is 14.9 Å². The normalized spacial score (nSPS) is 10.2. The minimum absolute atomic E-state index is 0.111. The summed E-state index contributed by atoms with van der Waals surface area (Å²) in [6.07, 6.45) is 1.49. The molecule has 2 aromatic rings. The zero-order chi connectivity index (χ0) is 14.0. The van der Waals surface area contributed by atoms with Gasteiger partial charge in [0, 0.05) is 11.8 Å². The first-order valence-electron chi connectivity index (χ1n) is 5.33. The topological polar surface area (TPSA) is 114 Å². The number of para-hydroxylation sites is 1. The van der Waals surface area contributed by atoms with Crippen LogP contribution >= 0.6 is 0 Å². The van der Waals surface area contributed by atoms with Crippen LogP contribution < -0.4 is 16.8 Å². The van der Waals surface area contributed by atoms with Gasteiger partial charge in [0.25, 0.3) is 5.91 Å². The van der Waals surface area contributed by atoms with E-state index in [1.165, 1.54) is 30.5 Å². The number of nitrogens with two attached hydrogens (primary N) is 2. The molecule has 1 aromatic heterocycles. The number of nitrogens with one attached hydrogen (secondary N) is 2. The average molecular weight is 262 g/mol. The third kappa shape index (κ3) is 2.39. The van der Waals surface area contributed by atoms with E-state index in [1.54, 1.807) is 0 Å². The lowest BCUT2D eigenvalue weighted by molar-refractivity contribution is 0.100. The van der Waals surface area contributed by atoms with Gasteiger partial charge in [-0.05, 0) is 12.1 Å². The molecule has 0 aliphatic carbocycles. The Morgan fingerprint density at radius 3 is 2.58 bits per heavy atom. The van der Waals surface area contributed by atoms with E-state index in [4.69, 9.17) is 11.5 Å². The largest absolute Gasteiger partial charge is 0.366 e. The molecule has 0 aliphatic rings. The number of amides is 3. The molecule has 0 bridgehead atoms. The first kappa shape index (κ1) is 12.6. The van der Waals surface area contributed by atoms with Crippen LogP contribution in [0, 0.1) is 5.82 Å². The Balaban J connectivity index is 2.61. The van der Waals surface area contributed by atoms with Gasteiger partial charge in [-0.2, -0.15) is 0 Å². The molecular weight excluding hydrogens is 251 g/mol. The molecule has 6 N–H and O–H groups in total. The van der Waals surface area contributed by atoms with Crippen molar-refractivity contribution in [2.45, 2.75) is 0 Å². The quantitative estimate of drug-likeness (QED) is 0.669. The van der Waals surface area contributed by atoms with E-state index in [-0.39, 0.29) is 16.8 Å². The second-order valence-electron chi connectivity index (χ2n) is 3.78. The third-order valence-corrected chi connectivity index (χ3v) is 2.54. The maximum absolute atomic E-state index is 13.7. The number of carbonyl (C=O) groups is 2. The molecule has 0 radical (unpaired) electrons. The second kappa shape index (κ2) is 4.81. The van der Waals surface area contributed by atoms with Gasteiger partial charge in [0.05, 0.1) is 16.9 Å². The SMILES string of the molecule is NC(=O)Nc1c(F)cccc1-c1[nH]ccc1C(N)=O. The van der Waals surface area contributed by atoms with Gasteiger partial charge in [-0.25, -0.2) is 9.18 Å².